The first kappa shape index (κ1) is 18.8. The summed E-state index contributed by atoms with van der Waals surface area (Å²) in [5.74, 6) is 6.68. The lowest BCUT2D eigenvalue weighted by Crippen LogP contribution is -2.25. The third-order valence-corrected chi connectivity index (χ3v) is 5.40. The van der Waals surface area contributed by atoms with Crippen molar-refractivity contribution in [3.63, 3.8) is 0 Å². The summed E-state index contributed by atoms with van der Waals surface area (Å²) in [7, 11) is 0. The van der Waals surface area contributed by atoms with Crippen LogP contribution in [-0.4, -0.2) is 26.5 Å². The van der Waals surface area contributed by atoms with E-state index in [9.17, 15) is 4.79 Å². The highest BCUT2D eigenvalue weighted by Gasteiger charge is 2.15. The molecule has 134 valence electrons. The smallest absolute Gasteiger partial charge is 0.230 e. The lowest BCUT2D eigenvalue weighted by molar-refractivity contribution is -0.118. The van der Waals surface area contributed by atoms with Crippen LogP contribution >= 0.6 is 39.3 Å². The Hall–Kier alpha value is -2.03. The molecule has 0 spiro atoms. The molecule has 0 saturated carbocycles. The maximum Gasteiger partial charge on any atom is 0.230 e. The number of nitrogens with two attached hydrogens (primary N) is 1. The van der Waals surface area contributed by atoms with Crippen LogP contribution in [0.4, 0.5) is 0 Å². The monoisotopic (exact) mass is 451 g/mol. The topological polar surface area (TPSA) is 85.8 Å². The molecule has 3 N–H and O–H groups in total. The Morgan fingerprint density at radius 2 is 1.92 bits per heavy atom. The van der Waals surface area contributed by atoms with E-state index in [0.717, 1.165) is 15.6 Å². The van der Waals surface area contributed by atoms with Gasteiger partial charge in [-0.3, -0.25) is 4.79 Å². The van der Waals surface area contributed by atoms with Crippen molar-refractivity contribution in [2.24, 2.45) is 0 Å². The standard InChI is InChI=1S/C17H15BrClN5OS/c18-14-4-2-1-3-13(14)16-22-23-17(24(16)20)26-10-15(25)21-9-11-5-7-12(19)8-6-11/h1-8H,9-10,20H2,(H,21,25). The highest BCUT2D eigenvalue weighted by Crippen LogP contribution is 2.27. The maximum atomic E-state index is 12.0. The van der Waals surface area contributed by atoms with Gasteiger partial charge in [0.15, 0.2) is 5.82 Å². The number of rotatable bonds is 6. The highest BCUT2D eigenvalue weighted by molar-refractivity contribution is 9.10. The predicted molar refractivity (Wildman–Crippen MR) is 107 cm³/mol. The van der Waals surface area contributed by atoms with Crippen LogP contribution in [-0.2, 0) is 11.3 Å². The number of benzene rings is 2. The molecule has 3 aromatic rings. The van der Waals surface area contributed by atoms with E-state index in [0.29, 0.717) is 22.5 Å². The van der Waals surface area contributed by atoms with E-state index in [-0.39, 0.29) is 11.7 Å². The fourth-order valence-electron chi connectivity index (χ4n) is 2.19. The second-order valence-electron chi connectivity index (χ2n) is 5.35. The Labute approximate surface area is 168 Å². The van der Waals surface area contributed by atoms with Crippen LogP contribution in [0.2, 0.25) is 5.02 Å². The second-order valence-corrected chi connectivity index (χ2v) is 7.58. The number of hydrogen-bond acceptors (Lipinski definition) is 5. The summed E-state index contributed by atoms with van der Waals surface area (Å²) in [5.41, 5.74) is 1.81. The van der Waals surface area contributed by atoms with Crippen molar-refractivity contribution in [1.82, 2.24) is 20.2 Å². The lowest BCUT2D eigenvalue weighted by Gasteiger charge is -2.06. The van der Waals surface area contributed by atoms with Gasteiger partial charge in [0.2, 0.25) is 11.1 Å². The number of halogens is 2. The minimum absolute atomic E-state index is 0.115. The van der Waals surface area contributed by atoms with Gasteiger partial charge in [0.05, 0.1) is 5.75 Å². The van der Waals surface area contributed by atoms with Crippen molar-refractivity contribution in [1.29, 1.82) is 0 Å². The number of carbonyl (C=O) groups excluding carboxylic acids is 1. The first-order valence-corrected chi connectivity index (χ1v) is 9.79. The molecule has 9 heteroatoms. The van der Waals surface area contributed by atoms with Crippen molar-refractivity contribution in [2.45, 2.75) is 11.7 Å². The molecular formula is C17H15BrClN5OS. The number of nitrogens with one attached hydrogen (secondary N) is 1. The molecule has 1 amide bonds. The number of amides is 1. The van der Waals surface area contributed by atoms with Gasteiger partial charge < -0.3 is 11.2 Å². The zero-order chi connectivity index (χ0) is 18.5. The van der Waals surface area contributed by atoms with E-state index in [1.165, 1.54) is 16.4 Å². The highest BCUT2D eigenvalue weighted by atomic mass is 79.9. The molecule has 6 nitrogen and oxygen atoms in total. The van der Waals surface area contributed by atoms with E-state index in [2.05, 4.69) is 31.4 Å². The number of nitrogens with zero attached hydrogens (tertiary/aromatic N) is 3. The van der Waals surface area contributed by atoms with Crippen molar-refractivity contribution in [3.05, 3.63) is 63.6 Å². The largest absolute Gasteiger partial charge is 0.351 e. The third-order valence-electron chi connectivity index (χ3n) is 3.51. The molecule has 0 bridgehead atoms. The van der Waals surface area contributed by atoms with Gasteiger partial charge in [-0.05, 0) is 29.8 Å². The van der Waals surface area contributed by atoms with Gasteiger partial charge >= 0.3 is 0 Å². The second kappa shape index (κ2) is 8.57. The van der Waals surface area contributed by atoms with E-state index in [1.807, 2.05) is 36.4 Å². The number of carbonyl (C=O) groups is 1. The predicted octanol–water partition coefficient (Wildman–Crippen LogP) is 3.48. The molecular weight excluding hydrogens is 438 g/mol. The molecule has 2 aromatic carbocycles. The molecule has 1 aromatic heterocycles. The minimum atomic E-state index is -0.115. The van der Waals surface area contributed by atoms with Gasteiger partial charge in [-0.25, -0.2) is 4.68 Å². The van der Waals surface area contributed by atoms with Crippen molar-refractivity contribution < 1.29 is 4.79 Å². The molecule has 3 rings (SSSR count). The molecule has 0 aliphatic rings. The van der Waals surface area contributed by atoms with Crippen LogP contribution in [0, 0.1) is 0 Å². The first-order chi connectivity index (χ1) is 12.5. The van der Waals surface area contributed by atoms with Crippen molar-refractivity contribution >= 4 is 45.2 Å². The molecule has 0 atom stereocenters. The maximum absolute atomic E-state index is 12.0. The molecule has 26 heavy (non-hydrogen) atoms. The number of nitrogen functional groups attached to an aromatic ring is 1. The zero-order valence-corrected chi connectivity index (χ0v) is 16.7. The van der Waals surface area contributed by atoms with Gasteiger partial charge in [0.25, 0.3) is 0 Å². The molecule has 0 aliphatic heterocycles. The molecule has 0 saturated heterocycles. The Bertz CT molecular complexity index is 916. The van der Waals surface area contributed by atoms with Gasteiger partial charge in [0, 0.05) is 21.6 Å². The van der Waals surface area contributed by atoms with Gasteiger partial charge in [0.1, 0.15) is 0 Å². The van der Waals surface area contributed by atoms with Crippen LogP contribution < -0.4 is 11.2 Å². The fourth-order valence-corrected chi connectivity index (χ4v) is 3.46. The van der Waals surface area contributed by atoms with Crippen LogP contribution in [0.15, 0.2) is 58.2 Å². The number of hydrogen-bond donors (Lipinski definition) is 2. The summed E-state index contributed by atoms with van der Waals surface area (Å²) in [5, 5.41) is 12.2. The van der Waals surface area contributed by atoms with Crippen LogP contribution in [0.1, 0.15) is 5.56 Å². The summed E-state index contributed by atoms with van der Waals surface area (Å²) in [6.07, 6.45) is 0. The summed E-state index contributed by atoms with van der Waals surface area (Å²) in [6.45, 7) is 0.439. The molecule has 0 fully saturated rings. The number of thioether (sulfide) groups is 1. The van der Waals surface area contributed by atoms with Crippen molar-refractivity contribution in [3.8, 4) is 11.4 Å². The normalized spacial score (nSPS) is 10.7. The Morgan fingerprint density at radius 3 is 2.65 bits per heavy atom. The summed E-state index contributed by atoms with van der Waals surface area (Å²) < 4.78 is 2.26. The third kappa shape index (κ3) is 4.57. The summed E-state index contributed by atoms with van der Waals surface area (Å²) >= 11 is 10.5. The number of aromatic nitrogens is 3. The first-order valence-electron chi connectivity index (χ1n) is 7.64. The summed E-state index contributed by atoms with van der Waals surface area (Å²) in [6, 6.07) is 14.9. The Morgan fingerprint density at radius 1 is 1.19 bits per heavy atom. The Kier molecular flexibility index (Phi) is 6.18. The average molecular weight is 453 g/mol. The Balaban J connectivity index is 1.57. The van der Waals surface area contributed by atoms with E-state index in [4.69, 9.17) is 17.4 Å². The summed E-state index contributed by atoms with van der Waals surface area (Å²) in [4.78, 5) is 12.0. The van der Waals surface area contributed by atoms with Crippen LogP contribution in [0.25, 0.3) is 11.4 Å². The fraction of sp³-hybridized carbons (Fsp3) is 0.118. The molecule has 0 aliphatic carbocycles. The van der Waals surface area contributed by atoms with Gasteiger partial charge in [-0.2, -0.15) is 0 Å². The van der Waals surface area contributed by atoms with Crippen LogP contribution in [0.3, 0.4) is 0 Å². The van der Waals surface area contributed by atoms with Gasteiger partial charge in [-0.15, -0.1) is 10.2 Å². The molecule has 0 radical (unpaired) electrons. The van der Waals surface area contributed by atoms with E-state index in [1.54, 1.807) is 12.1 Å². The van der Waals surface area contributed by atoms with Crippen LogP contribution in [0.5, 0.6) is 0 Å². The quantitative estimate of drug-likeness (QED) is 0.442. The van der Waals surface area contributed by atoms with E-state index >= 15 is 0 Å². The lowest BCUT2D eigenvalue weighted by atomic mass is 10.2. The SMILES string of the molecule is Nn1c(SCC(=O)NCc2ccc(Cl)cc2)nnc1-c1ccccc1Br. The average Bonchev–Trinajstić information content (AvgIpc) is 3.00. The molecule has 0 unspecified atom stereocenters. The van der Waals surface area contributed by atoms with Gasteiger partial charge in [-0.1, -0.05) is 63.6 Å². The van der Waals surface area contributed by atoms with E-state index < -0.39 is 0 Å². The van der Waals surface area contributed by atoms with Crippen molar-refractivity contribution in [2.75, 3.05) is 11.6 Å². The zero-order valence-electron chi connectivity index (χ0n) is 13.5. The minimum Gasteiger partial charge on any atom is -0.351 e. The molecule has 1 heterocycles.